The maximum Gasteiger partial charge on any atom is 0.293 e. The van der Waals surface area contributed by atoms with Gasteiger partial charge in [0.2, 0.25) is 0 Å². The second-order valence-electron chi connectivity index (χ2n) is 3.59. The second kappa shape index (κ2) is 6.68. The molecular formula is C11H18BrN3O. The molecule has 0 aliphatic carbocycles. The van der Waals surface area contributed by atoms with Crippen molar-refractivity contribution in [3.05, 3.63) is 22.7 Å². The fourth-order valence-electron chi connectivity index (χ4n) is 1.37. The summed E-state index contributed by atoms with van der Waals surface area (Å²) in [6, 6.07) is 0. The highest BCUT2D eigenvalue weighted by molar-refractivity contribution is 9.09. The Bertz CT molecular complexity index is 378. The Labute approximate surface area is 104 Å². The average molecular weight is 288 g/mol. The van der Waals surface area contributed by atoms with E-state index in [0.717, 1.165) is 19.4 Å². The standard InChI is InChI=1S/C11H18BrN3O/c1-3-9(12)5-6-13-10-11(16)15(4-2)8-7-14-10/h7-9H,3-6H2,1-2H3,(H,13,14). The second-order valence-corrected chi connectivity index (χ2v) is 4.88. The van der Waals surface area contributed by atoms with Gasteiger partial charge in [-0.05, 0) is 19.8 Å². The number of halogens is 1. The van der Waals surface area contributed by atoms with Gasteiger partial charge in [-0.2, -0.15) is 0 Å². The first-order valence-corrected chi connectivity index (χ1v) is 6.54. The fourth-order valence-corrected chi connectivity index (χ4v) is 1.60. The van der Waals surface area contributed by atoms with E-state index in [2.05, 4.69) is 33.2 Å². The number of nitrogens with zero attached hydrogens (tertiary/aromatic N) is 2. The Morgan fingerprint density at radius 1 is 1.56 bits per heavy atom. The van der Waals surface area contributed by atoms with Gasteiger partial charge in [0.25, 0.3) is 5.56 Å². The van der Waals surface area contributed by atoms with E-state index in [1.807, 2.05) is 6.92 Å². The lowest BCUT2D eigenvalue weighted by Crippen LogP contribution is -2.24. The van der Waals surface area contributed by atoms with Gasteiger partial charge in [-0.1, -0.05) is 22.9 Å². The summed E-state index contributed by atoms with van der Waals surface area (Å²) < 4.78 is 1.64. The molecule has 4 nitrogen and oxygen atoms in total. The number of aromatic nitrogens is 2. The van der Waals surface area contributed by atoms with Crippen molar-refractivity contribution in [2.45, 2.75) is 38.1 Å². The molecule has 0 amide bonds. The molecule has 90 valence electrons. The van der Waals surface area contributed by atoms with Gasteiger partial charge in [0.1, 0.15) is 0 Å². The Hall–Kier alpha value is -0.840. The normalized spacial score (nSPS) is 12.4. The van der Waals surface area contributed by atoms with E-state index < -0.39 is 0 Å². The first-order valence-electron chi connectivity index (χ1n) is 5.62. The Kier molecular flexibility index (Phi) is 5.52. The molecule has 0 fully saturated rings. The van der Waals surface area contributed by atoms with Crippen molar-refractivity contribution < 1.29 is 0 Å². The van der Waals surface area contributed by atoms with Gasteiger partial charge >= 0.3 is 0 Å². The van der Waals surface area contributed by atoms with Crippen LogP contribution < -0.4 is 10.9 Å². The molecule has 1 unspecified atom stereocenters. The van der Waals surface area contributed by atoms with Gasteiger partial charge in [0.15, 0.2) is 5.82 Å². The van der Waals surface area contributed by atoms with E-state index >= 15 is 0 Å². The lowest BCUT2D eigenvalue weighted by Gasteiger charge is -2.09. The van der Waals surface area contributed by atoms with E-state index in [0.29, 0.717) is 17.2 Å². The lowest BCUT2D eigenvalue weighted by atomic mass is 10.2. The van der Waals surface area contributed by atoms with Crippen LogP contribution in [0.5, 0.6) is 0 Å². The number of anilines is 1. The molecule has 5 heteroatoms. The summed E-state index contributed by atoms with van der Waals surface area (Å²) in [6.07, 6.45) is 5.42. The zero-order valence-electron chi connectivity index (χ0n) is 9.74. The van der Waals surface area contributed by atoms with Gasteiger partial charge in [-0.15, -0.1) is 0 Å². The molecule has 1 rings (SSSR count). The SMILES string of the molecule is CCC(Br)CCNc1nccn(CC)c1=O. The number of alkyl halides is 1. The predicted octanol–water partition coefficient (Wildman–Crippen LogP) is 2.24. The molecule has 1 aromatic rings. The fraction of sp³-hybridized carbons (Fsp3) is 0.636. The number of rotatable bonds is 6. The Morgan fingerprint density at radius 3 is 2.94 bits per heavy atom. The van der Waals surface area contributed by atoms with Crippen LogP contribution in [0.1, 0.15) is 26.7 Å². The molecule has 1 atom stereocenters. The van der Waals surface area contributed by atoms with Crippen LogP contribution in [0, 0.1) is 0 Å². The molecule has 0 bridgehead atoms. The zero-order chi connectivity index (χ0) is 12.0. The minimum atomic E-state index is -0.0485. The third-order valence-electron chi connectivity index (χ3n) is 2.45. The Morgan fingerprint density at radius 2 is 2.31 bits per heavy atom. The van der Waals surface area contributed by atoms with Crippen molar-refractivity contribution >= 4 is 21.7 Å². The molecular weight excluding hydrogens is 270 g/mol. The van der Waals surface area contributed by atoms with Crippen LogP contribution in [0.4, 0.5) is 5.82 Å². The summed E-state index contributed by atoms with van der Waals surface area (Å²) in [5.41, 5.74) is -0.0485. The number of nitrogens with one attached hydrogen (secondary N) is 1. The maximum absolute atomic E-state index is 11.8. The van der Waals surface area contributed by atoms with Crippen LogP contribution in [0.25, 0.3) is 0 Å². The smallest absolute Gasteiger partial charge is 0.293 e. The summed E-state index contributed by atoms with van der Waals surface area (Å²) in [6.45, 7) is 5.51. The van der Waals surface area contributed by atoms with Crippen molar-refractivity contribution in [1.82, 2.24) is 9.55 Å². The summed E-state index contributed by atoms with van der Waals surface area (Å²) in [7, 11) is 0. The van der Waals surface area contributed by atoms with Crippen molar-refractivity contribution in [3.8, 4) is 0 Å². The first-order chi connectivity index (χ1) is 7.69. The van der Waals surface area contributed by atoms with E-state index in [1.54, 1.807) is 17.0 Å². The largest absolute Gasteiger partial charge is 0.365 e. The highest BCUT2D eigenvalue weighted by atomic mass is 79.9. The first kappa shape index (κ1) is 13.2. The van der Waals surface area contributed by atoms with Gasteiger partial charge in [-0.3, -0.25) is 4.79 Å². The van der Waals surface area contributed by atoms with Crippen LogP contribution in [-0.2, 0) is 6.54 Å². The molecule has 1 aromatic heterocycles. The number of aryl methyl sites for hydroxylation is 1. The molecule has 0 saturated heterocycles. The molecule has 0 spiro atoms. The van der Waals surface area contributed by atoms with E-state index in [1.165, 1.54) is 0 Å². The van der Waals surface area contributed by atoms with Crippen molar-refractivity contribution in [1.29, 1.82) is 0 Å². The maximum atomic E-state index is 11.8. The summed E-state index contributed by atoms with van der Waals surface area (Å²) >= 11 is 3.55. The van der Waals surface area contributed by atoms with Crippen LogP contribution in [0.3, 0.4) is 0 Å². The van der Waals surface area contributed by atoms with Gasteiger partial charge < -0.3 is 9.88 Å². The molecule has 0 saturated carbocycles. The minimum Gasteiger partial charge on any atom is -0.365 e. The summed E-state index contributed by atoms with van der Waals surface area (Å²) in [4.78, 5) is 16.3. The monoisotopic (exact) mass is 287 g/mol. The average Bonchev–Trinajstić information content (AvgIpc) is 2.31. The van der Waals surface area contributed by atoms with Crippen molar-refractivity contribution in [2.24, 2.45) is 0 Å². The molecule has 1 N–H and O–H groups in total. The molecule has 0 aliphatic heterocycles. The summed E-state index contributed by atoms with van der Waals surface area (Å²) in [5.74, 6) is 0.445. The third-order valence-corrected chi connectivity index (χ3v) is 3.55. The molecule has 0 aliphatic rings. The van der Waals surface area contributed by atoms with Crippen LogP contribution in [0.2, 0.25) is 0 Å². The zero-order valence-corrected chi connectivity index (χ0v) is 11.3. The topological polar surface area (TPSA) is 46.9 Å². The van der Waals surface area contributed by atoms with Crippen LogP contribution in [-0.4, -0.2) is 20.9 Å². The number of hydrogen-bond acceptors (Lipinski definition) is 3. The Balaban J connectivity index is 2.57. The van der Waals surface area contributed by atoms with E-state index in [4.69, 9.17) is 0 Å². The minimum absolute atomic E-state index is 0.0485. The highest BCUT2D eigenvalue weighted by Crippen LogP contribution is 2.08. The molecule has 0 radical (unpaired) electrons. The van der Waals surface area contributed by atoms with Gasteiger partial charge in [0.05, 0.1) is 0 Å². The summed E-state index contributed by atoms with van der Waals surface area (Å²) in [5, 5.41) is 3.08. The van der Waals surface area contributed by atoms with Crippen LogP contribution >= 0.6 is 15.9 Å². The quantitative estimate of drug-likeness (QED) is 0.817. The van der Waals surface area contributed by atoms with E-state index in [-0.39, 0.29) is 5.56 Å². The van der Waals surface area contributed by atoms with Gasteiger partial charge in [-0.25, -0.2) is 4.98 Å². The molecule has 0 aromatic carbocycles. The van der Waals surface area contributed by atoms with E-state index in [9.17, 15) is 4.79 Å². The molecule has 16 heavy (non-hydrogen) atoms. The van der Waals surface area contributed by atoms with Gasteiger partial charge in [0, 0.05) is 30.3 Å². The highest BCUT2D eigenvalue weighted by Gasteiger charge is 2.04. The van der Waals surface area contributed by atoms with Crippen molar-refractivity contribution in [3.63, 3.8) is 0 Å². The number of hydrogen-bond donors (Lipinski definition) is 1. The lowest BCUT2D eigenvalue weighted by molar-refractivity contribution is 0.715. The third kappa shape index (κ3) is 3.63. The van der Waals surface area contributed by atoms with Crippen molar-refractivity contribution in [2.75, 3.05) is 11.9 Å². The predicted molar refractivity (Wildman–Crippen MR) is 70.3 cm³/mol. The van der Waals surface area contributed by atoms with Crippen LogP contribution in [0.15, 0.2) is 17.2 Å². The molecule has 1 heterocycles.